The Labute approximate surface area is 194 Å². The zero-order chi connectivity index (χ0) is 26.2. The molecule has 0 saturated carbocycles. The van der Waals surface area contributed by atoms with E-state index in [0.29, 0.717) is 0 Å². The Morgan fingerprint density at radius 3 is 2.51 bits per heavy atom. The molecule has 0 spiro atoms. The fourth-order valence-corrected chi connectivity index (χ4v) is 6.32. The first kappa shape index (κ1) is 27.8. The standard InChI is InChI=1S/C11H19N8O13P3/c12-3-1-5-19(30-34(25,26)32-35(27,28)31-33(22,23)24)6-17(7-2-4-18(16-21)29-7)9-8(19)10(20)15-11(13)14-9/h7,16,21H,2-4,6,12H2,(H6-,13,14,15,20,22,23,24,25,26,27,28)/p+1/t7-,19?/m1/s1. The van der Waals surface area contributed by atoms with E-state index in [1.54, 1.807) is 5.59 Å². The van der Waals surface area contributed by atoms with Gasteiger partial charge in [0.15, 0.2) is 12.3 Å². The van der Waals surface area contributed by atoms with Crippen molar-refractivity contribution in [2.45, 2.75) is 12.6 Å². The molecule has 0 amide bonds. The molecule has 1 aromatic heterocycles. The number of nitrogens with two attached hydrogens (primary N) is 2. The van der Waals surface area contributed by atoms with E-state index in [9.17, 15) is 28.3 Å². The quantitative estimate of drug-likeness (QED) is 0.0679. The van der Waals surface area contributed by atoms with Crippen molar-refractivity contribution in [2.75, 3.05) is 30.4 Å². The van der Waals surface area contributed by atoms with Crippen LogP contribution < -0.4 is 32.2 Å². The molecule has 21 nitrogen and oxygen atoms in total. The average molecular weight is 565 g/mol. The van der Waals surface area contributed by atoms with Crippen LogP contribution in [0.25, 0.3) is 0 Å². The van der Waals surface area contributed by atoms with Gasteiger partial charge in [0.05, 0.1) is 6.54 Å². The first-order chi connectivity index (χ1) is 16.1. The number of H-pyrrole nitrogens is 1. The van der Waals surface area contributed by atoms with Crippen LogP contribution in [-0.4, -0.2) is 65.9 Å². The van der Waals surface area contributed by atoms with Crippen LogP contribution in [0.1, 0.15) is 6.42 Å². The second kappa shape index (κ2) is 9.93. The highest BCUT2D eigenvalue weighted by molar-refractivity contribution is 7.66. The number of nitrogen functional groups attached to an aromatic ring is 1. The molecule has 24 heteroatoms. The summed E-state index contributed by atoms with van der Waals surface area (Å²) in [6.45, 7) is -0.859. The van der Waals surface area contributed by atoms with E-state index in [1.807, 2.05) is 0 Å². The van der Waals surface area contributed by atoms with Crippen LogP contribution in [0.15, 0.2) is 4.79 Å². The number of phosphoric acid groups is 3. The van der Waals surface area contributed by atoms with Gasteiger partial charge in [0.2, 0.25) is 18.4 Å². The maximum absolute atomic E-state index is 12.8. The fourth-order valence-electron chi connectivity index (χ4n) is 3.17. The van der Waals surface area contributed by atoms with Crippen LogP contribution in [0.5, 0.6) is 0 Å². The number of aromatic nitrogens is 2. The normalized spacial score (nSPS) is 26.0. The van der Waals surface area contributed by atoms with Crippen molar-refractivity contribution < 1.29 is 56.6 Å². The molecule has 1 aromatic rings. The van der Waals surface area contributed by atoms with Crippen LogP contribution in [0, 0.1) is 12.0 Å². The Morgan fingerprint density at radius 2 is 1.94 bits per heavy atom. The summed E-state index contributed by atoms with van der Waals surface area (Å²) in [6.07, 6.45) is -0.785. The molecule has 35 heavy (non-hydrogen) atoms. The third-order valence-electron chi connectivity index (χ3n) is 4.19. The molecule has 4 atom stereocenters. The molecule has 3 unspecified atom stereocenters. The molecule has 11 N–H and O–H groups in total. The summed E-state index contributed by atoms with van der Waals surface area (Å²) in [5.41, 5.74) is 11.2. The number of hydrazine groups is 1. The van der Waals surface area contributed by atoms with Crippen molar-refractivity contribution in [2.24, 2.45) is 5.73 Å². The fraction of sp³-hybridized carbons (Fsp3) is 0.455. The molecule has 1 saturated heterocycles. The van der Waals surface area contributed by atoms with E-state index < -0.39 is 52.3 Å². The number of quaternary nitrogens is 1. The summed E-state index contributed by atoms with van der Waals surface area (Å²) < 4.78 is 46.2. The van der Waals surface area contributed by atoms with E-state index in [0.717, 1.165) is 5.17 Å². The lowest BCUT2D eigenvalue weighted by molar-refractivity contribution is -0.242. The van der Waals surface area contributed by atoms with Crippen LogP contribution in [0.3, 0.4) is 0 Å². The van der Waals surface area contributed by atoms with Gasteiger partial charge in [-0.05, 0) is 10.6 Å². The van der Waals surface area contributed by atoms with Gasteiger partial charge in [-0.15, -0.1) is 5.59 Å². The maximum Gasteiger partial charge on any atom is 0.528 e. The third-order valence-corrected chi connectivity index (χ3v) is 8.00. The first-order valence-corrected chi connectivity index (χ1v) is 13.6. The minimum atomic E-state index is -5.89. The van der Waals surface area contributed by atoms with Crippen molar-refractivity contribution in [3.63, 3.8) is 0 Å². The number of aromatic amines is 1. The monoisotopic (exact) mass is 565 g/mol. The van der Waals surface area contributed by atoms with E-state index in [-0.39, 0.29) is 31.3 Å². The topological polar surface area (TPSA) is 306 Å². The summed E-state index contributed by atoms with van der Waals surface area (Å²) in [6, 6.07) is 2.32. The zero-order valence-electron chi connectivity index (χ0n) is 17.2. The van der Waals surface area contributed by atoms with Gasteiger partial charge in [-0.2, -0.15) is 13.6 Å². The number of hydrogen-bond acceptors (Lipinski definition) is 15. The van der Waals surface area contributed by atoms with E-state index in [2.05, 4.69) is 30.6 Å². The van der Waals surface area contributed by atoms with Crippen molar-refractivity contribution in [3.05, 3.63) is 10.4 Å². The van der Waals surface area contributed by atoms with Gasteiger partial charge in [-0.25, -0.2) is 13.7 Å². The number of hydrogen-bond donors (Lipinski definition) is 9. The summed E-state index contributed by atoms with van der Waals surface area (Å²) in [4.78, 5) is 62.6. The SMILES string of the molecule is NCC#C[N+]1(OP(=O)(O)OP(=O)(O)OP(=O)(O)O)CN([C@H]2CCN(NO)O2)c2nc(N)[nH]c(=O)c21. The predicted octanol–water partition coefficient (Wildman–Crippen LogP) is -2.53. The smallest absolute Gasteiger partial charge is 0.369 e. The van der Waals surface area contributed by atoms with E-state index >= 15 is 0 Å². The summed E-state index contributed by atoms with van der Waals surface area (Å²) in [5.74, 6) is 1.70. The van der Waals surface area contributed by atoms with Crippen molar-refractivity contribution in [1.29, 1.82) is 0 Å². The Bertz CT molecular complexity index is 1240. The summed E-state index contributed by atoms with van der Waals surface area (Å²) >= 11 is 0. The maximum atomic E-state index is 12.8. The van der Waals surface area contributed by atoms with Gasteiger partial charge in [-0.1, -0.05) is 9.80 Å². The lowest BCUT2D eigenvalue weighted by Gasteiger charge is -2.27. The van der Waals surface area contributed by atoms with Gasteiger partial charge in [0.1, 0.15) is 0 Å². The number of rotatable bonds is 8. The molecule has 196 valence electrons. The number of nitrogens with one attached hydrogen (secondary N) is 2. The van der Waals surface area contributed by atoms with Crippen LogP contribution in [-0.2, 0) is 31.8 Å². The molecule has 0 aliphatic carbocycles. The third kappa shape index (κ3) is 6.51. The number of anilines is 2. The van der Waals surface area contributed by atoms with Crippen molar-refractivity contribution >= 4 is 40.9 Å². The lowest BCUT2D eigenvalue weighted by Crippen LogP contribution is -2.50. The van der Waals surface area contributed by atoms with Crippen LogP contribution in [0.4, 0.5) is 17.5 Å². The summed E-state index contributed by atoms with van der Waals surface area (Å²) in [7, 11) is -17.4. The molecule has 0 aromatic carbocycles. The molecule has 3 heterocycles. The predicted molar refractivity (Wildman–Crippen MR) is 111 cm³/mol. The number of nitrogens with zero attached hydrogens (tertiary/aromatic N) is 4. The van der Waals surface area contributed by atoms with Gasteiger partial charge >= 0.3 is 29.0 Å². The molecule has 1 fully saturated rings. The van der Waals surface area contributed by atoms with E-state index in [1.165, 1.54) is 4.90 Å². The average Bonchev–Trinajstić information content (AvgIpc) is 3.26. The Kier molecular flexibility index (Phi) is 7.88. The van der Waals surface area contributed by atoms with Gasteiger partial charge < -0.3 is 26.1 Å². The molecule has 2 aliphatic heterocycles. The van der Waals surface area contributed by atoms with Crippen molar-refractivity contribution in [1.82, 2.24) is 25.4 Å². The lowest BCUT2D eigenvalue weighted by atomic mass is 10.3. The largest absolute Gasteiger partial charge is 0.528 e. The second-order valence-electron chi connectivity index (χ2n) is 6.69. The first-order valence-electron chi connectivity index (χ1n) is 9.05. The molecule has 0 radical (unpaired) electrons. The van der Waals surface area contributed by atoms with Crippen LogP contribution >= 0.6 is 23.5 Å². The summed E-state index contributed by atoms with van der Waals surface area (Å²) in [5, 5.41) is 9.96. The van der Waals surface area contributed by atoms with E-state index in [4.69, 9.17) is 35.9 Å². The minimum absolute atomic E-state index is 0.135. The Hall–Kier alpha value is -1.79. The highest BCUT2D eigenvalue weighted by Crippen LogP contribution is 2.67. The molecule has 3 rings (SSSR count). The van der Waals surface area contributed by atoms with Crippen LogP contribution in [0.2, 0.25) is 0 Å². The van der Waals surface area contributed by atoms with Crippen molar-refractivity contribution in [3.8, 4) is 12.0 Å². The van der Waals surface area contributed by atoms with Gasteiger partial charge in [0, 0.05) is 13.0 Å². The molecule has 0 bridgehead atoms. The molecular weight excluding hydrogens is 545 g/mol. The zero-order valence-corrected chi connectivity index (χ0v) is 19.9. The number of hydroxylamine groups is 3. The highest BCUT2D eigenvalue weighted by atomic mass is 31.3. The van der Waals surface area contributed by atoms with Gasteiger partial charge in [-0.3, -0.25) is 29.6 Å². The second-order valence-corrected chi connectivity index (χ2v) is 11.0. The highest BCUT2D eigenvalue weighted by Gasteiger charge is 2.58. The molecular formula is C11H20N8O13P3+. The minimum Gasteiger partial charge on any atom is -0.369 e. The molecule has 2 aliphatic rings. The Morgan fingerprint density at radius 1 is 1.26 bits per heavy atom. The number of fused-ring (bicyclic) bond motifs is 1. The Balaban J connectivity index is 2.07. The van der Waals surface area contributed by atoms with Gasteiger partial charge in [0.25, 0.3) is 5.69 Å².